The maximum absolute atomic E-state index is 5.65. The molecular weight excluding hydrogens is 182 g/mol. The van der Waals surface area contributed by atoms with Crippen LogP contribution in [0.25, 0.3) is 0 Å². The minimum Gasteiger partial charge on any atom is -0.301 e. The van der Waals surface area contributed by atoms with Crippen LogP contribution >= 0.6 is 11.6 Å². The van der Waals surface area contributed by atoms with Crippen molar-refractivity contribution in [3.63, 3.8) is 0 Å². The standard InChI is InChI=1S/C11H16ClN/c1-10-4-3-5-11(8-10)9-13(2)7-6-12/h3-5,8H,6-7,9H2,1-2H3. The van der Waals surface area contributed by atoms with Gasteiger partial charge in [-0.25, -0.2) is 0 Å². The molecule has 13 heavy (non-hydrogen) atoms. The van der Waals surface area contributed by atoms with Crippen LogP contribution in [0, 0.1) is 6.92 Å². The fourth-order valence-electron chi connectivity index (χ4n) is 1.35. The third kappa shape index (κ3) is 3.79. The Kier molecular flexibility index (Phi) is 4.26. The van der Waals surface area contributed by atoms with Crippen LogP contribution in [0.15, 0.2) is 24.3 Å². The van der Waals surface area contributed by atoms with Crippen molar-refractivity contribution in [1.82, 2.24) is 4.90 Å². The van der Waals surface area contributed by atoms with E-state index in [1.165, 1.54) is 11.1 Å². The molecule has 0 bridgehead atoms. The van der Waals surface area contributed by atoms with Crippen LogP contribution in [0.1, 0.15) is 11.1 Å². The summed E-state index contributed by atoms with van der Waals surface area (Å²) in [5.74, 6) is 0.697. The van der Waals surface area contributed by atoms with Crippen molar-refractivity contribution in [2.45, 2.75) is 13.5 Å². The number of nitrogens with zero attached hydrogens (tertiary/aromatic N) is 1. The predicted octanol–water partition coefficient (Wildman–Crippen LogP) is 2.67. The third-order valence-electron chi connectivity index (χ3n) is 2.00. The van der Waals surface area contributed by atoms with Gasteiger partial charge in [-0.15, -0.1) is 11.6 Å². The van der Waals surface area contributed by atoms with Gasteiger partial charge in [0.05, 0.1) is 0 Å². The smallest absolute Gasteiger partial charge is 0.0351 e. The van der Waals surface area contributed by atoms with Crippen LogP contribution in [0.5, 0.6) is 0 Å². The molecule has 0 aromatic heterocycles. The highest BCUT2D eigenvalue weighted by Gasteiger charge is 1.98. The molecule has 0 amide bonds. The van der Waals surface area contributed by atoms with Gasteiger partial charge in [0.25, 0.3) is 0 Å². The van der Waals surface area contributed by atoms with Crippen LogP contribution in [0.3, 0.4) is 0 Å². The lowest BCUT2D eigenvalue weighted by Gasteiger charge is -2.14. The lowest BCUT2D eigenvalue weighted by atomic mass is 10.1. The van der Waals surface area contributed by atoms with Crippen LogP contribution in [0.2, 0.25) is 0 Å². The zero-order valence-electron chi connectivity index (χ0n) is 8.26. The van der Waals surface area contributed by atoms with Gasteiger partial charge in [0.15, 0.2) is 0 Å². The molecule has 0 radical (unpaired) electrons. The fourth-order valence-corrected chi connectivity index (χ4v) is 1.63. The van der Waals surface area contributed by atoms with E-state index in [0.29, 0.717) is 5.88 Å². The van der Waals surface area contributed by atoms with E-state index in [0.717, 1.165) is 13.1 Å². The molecule has 0 N–H and O–H groups in total. The van der Waals surface area contributed by atoms with Crippen molar-refractivity contribution < 1.29 is 0 Å². The number of aryl methyl sites for hydroxylation is 1. The number of hydrogen-bond acceptors (Lipinski definition) is 1. The third-order valence-corrected chi connectivity index (χ3v) is 2.17. The first-order chi connectivity index (χ1) is 6.22. The van der Waals surface area contributed by atoms with Crippen molar-refractivity contribution >= 4 is 11.6 Å². The molecule has 2 heteroatoms. The van der Waals surface area contributed by atoms with E-state index in [2.05, 4.69) is 43.1 Å². The summed E-state index contributed by atoms with van der Waals surface area (Å²) in [6, 6.07) is 8.58. The van der Waals surface area contributed by atoms with Gasteiger partial charge in [-0.2, -0.15) is 0 Å². The molecule has 0 saturated heterocycles. The molecule has 1 aromatic rings. The summed E-state index contributed by atoms with van der Waals surface area (Å²) in [4.78, 5) is 2.22. The van der Waals surface area contributed by atoms with Crippen LogP contribution in [0.4, 0.5) is 0 Å². The topological polar surface area (TPSA) is 3.24 Å². The molecule has 0 saturated carbocycles. The largest absolute Gasteiger partial charge is 0.301 e. The summed E-state index contributed by atoms with van der Waals surface area (Å²) in [7, 11) is 2.09. The molecule has 0 aliphatic heterocycles. The highest BCUT2D eigenvalue weighted by atomic mass is 35.5. The number of benzene rings is 1. The average molecular weight is 198 g/mol. The van der Waals surface area contributed by atoms with Gasteiger partial charge in [0.1, 0.15) is 0 Å². The molecule has 0 aliphatic rings. The van der Waals surface area contributed by atoms with E-state index >= 15 is 0 Å². The molecular formula is C11H16ClN. The SMILES string of the molecule is Cc1cccc(CN(C)CCCl)c1. The first-order valence-electron chi connectivity index (χ1n) is 4.52. The van der Waals surface area contributed by atoms with Crippen molar-refractivity contribution in [2.75, 3.05) is 19.5 Å². The summed E-state index contributed by atoms with van der Waals surface area (Å²) in [5, 5.41) is 0. The van der Waals surface area contributed by atoms with E-state index in [9.17, 15) is 0 Å². The summed E-state index contributed by atoms with van der Waals surface area (Å²) in [6.07, 6.45) is 0. The van der Waals surface area contributed by atoms with E-state index in [1.807, 2.05) is 0 Å². The quantitative estimate of drug-likeness (QED) is 0.671. The van der Waals surface area contributed by atoms with E-state index in [-0.39, 0.29) is 0 Å². The zero-order valence-corrected chi connectivity index (χ0v) is 9.01. The summed E-state index contributed by atoms with van der Waals surface area (Å²) < 4.78 is 0. The van der Waals surface area contributed by atoms with Gasteiger partial charge in [0.2, 0.25) is 0 Å². The fraction of sp³-hybridized carbons (Fsp3) is 0.455. The second-order valence-corrected chi connectivity index (χ2v) is 3.79. The molecule has 0 fully saturated rings. The minimum atomic E-state index is 0.697. The number of alkyl halides is 1. The Labute approximate surface area is 85.3 Å². The van der Waals surface area contributed by atoms with Crippen LogP contribution in [-0.4, -0.2) is 24.4 Å². The highest BCUT2D eigenvalue weighted by Crippen LogP contribution is 2.06. The Bertz CT molecular complexity index is 260. The first kappa shape index (κ1) is 10.6. The Morgan fingerprint density at radius 3 is 2.77 bits per heavy atom. The van der Waals surface area contributed by atoms with E-state index in [4.69, 9.17) is 11.6 Å². The Hall–Kier alpha value is -0.530. The summed E-state index contributed by atoms with van der Waals surface area (Å²) in [6.45, 7) is 4.04. The van der Waals surface area contributed by atoms with Crippen LogP contribution in [-0.2, 0) is 6.54 Å². The Morgan fingerprint density at radius 2 is 2.15 bits per heavy atom. The second-order valence-electron chi connectivity index (χ2n) is 3.42. The second kappa shape index (κ2) is 5.25. The molecule has 0 spiro atoms. The van der Waals surface area contributed by atoms with Gasteiger partial charge in [-0.05, 0) is 19.5 Å². The molecule has 1 aromatic carbocycles. The first-order valence-corrected chi connectivity index (χ1v) is 5.06. The van der Waals surface area contributed by atoms with E-state index in [1.54, 1.807) is 0 Å². The molecule has 1 nitrogen and oxygen atoms in total. The van der Waals surface area contributed by atoms with E-state index < -0.39 is 0 Å². The number of rotatable bonds is 4. The zero-order chi connectivity index (χ0) is 9.68. The monoisotopic (exact) mass is 197 g/mol. The van der Waals surface area contributed by atoms with Crippen molar-refractivity contribution in [3.05, 3.63) is 35.4 Å². The lowest BCUT2D eigenvalue weighted by Crippen LogP contribution is -2.19. The Balaban J connectivity index is 2.53. The highest BCUT2D eigenvalue weighted by molar-refractivity contribution is 6.18. The minimum absolute atomic E-state index is 0.697. The van der Waals surface area contributed by atoms with Gasteiger partial charge < -0.3 is 4.90 Å². The maximum atomic E-state index is 5.65. The molecule has 1 rings (SSSR count). The van der Waals surface area contributed by atoms with Gasteiger partial charge in [-0.3, -0.25) is 0 Å². The predicted molar refractivity (Wildman–Crippen MR) is 58.2 cm³/mol. The average Bonchev–Trinajstić information content (AvgIpc) is 2.04. The summed E-state index contributed by atoms with van der Waals surface area (Å²) in [5.41, 5.74) is 2.67. The maximum Gasteiger partial charge on any atom is 0.0351 e. The van der Waals surface area contributed by atoms with Crippen molar-refractivity contribution in [1.29, 1.82) is 0 Å². The van der Waals surface area contributed by atoms with Crippen LogP contribution < -0.4 is 0 Å². The molecule has 0 atom stereocenters. The van der Waals surface area contributed by atoms with Crippen molar-refractivity contribution in [3.8, 4) is 0 Å². The lowest BCUT2D eigenvalue weighted by molar-refractivity contribution is 0.348. The van der Waals surface area contributed by atoms with Gasteiger partial charge in [-0.1, -0.05) is 29.8 Å². The summed E-state index contributed by atoms with van der Waals surface area (Å²) >= 11 is 5.65. The molecule has 0 heterocycles. The Morgan fingerprint density at radius 1 is 1.38 bits per heavy atom. The van der Waals surface area contributed by atoms with Crippen molar-refractivity contribution in [2.24, 2.45) is 0 Å². The number of halogens is 1. The molecule has 0 unspecified atom stereocenters. The normalized spacial score (nSPS) is 10.8. The van der Waals surface area contributed by atoms with Gasteiger partial charge in [0, 0.05) is 19.0 Å². The molecule has 72 valence electrons. The van der Waals surface area contributed by atoms with Gasteiger partial charge >= 0.3 is 0 Å². The molecule has 0 aliphatic carbocycles. The number of hydrogen-bond donors (Lipinski definition) is 0.